The molecule has 0 bridgehead atoms. The van der Waals surface area contributed by atoms with Crippen LogP contribution >= 0.6 is 15.9 Å². The molecule has 15 heteroatoms. The highest BCUT2D eigenvalue weighted by Gasteiger charge is 2.46. The zero-order valence-corrected chi connectivity index (χ0v) is 30.6. The average molecular weight is 775 g/mol. The topological polar surface area (TPSA) is 163 Å². The van der Waals surface area contributed by atoms with Crippen LogP contribution in [0.25, 0.3) is 0 Å². The van der Waals surface area contributed by atoms with Crippen molar-refractivity contribution in [1.82, 2.24) is 24.9 Å². The van der Waals surface area contributed by atoms with Crippen molar-refractivity contribution in [2.24, 2.45) is 13.0 Å². The maximum absolute atomic E-state index is 13.5. The molecule has 0 saturated carbocycles. The molecule has 3 aromatic rings. The summed E-state index contributed by atoms with van der Waals surface area (Å²) in [6.45, 7) is 3.16. The van der Waals surface area contributed by atoms with Crippen molar-refractivity contribution in [3.05, 3.63) is 85.7 Å². The number of carbonyl (C=O) groups excluding carboxylic acids is 5. The molecule has 3 fully saturated rings. The van der Waals surface area contributed by atoms with Crippen LogP contribution in [0, 0.1) is 5.92 Å². The molecule has 3 atom stereocenters. The molecular weight excluding hydrogens is 734 g/mol. The van der Waals surface area contributed by atoms with Gasteiger partial charge in [-0.2, -0.15) is 5.10 Å². The lowest BCUT2D eigenvalue weighted by atomic mass is 9.88. The monoisotopic (exact) mass is 773 g/mol. The standard InChI is InChI=1S/C37H40BrN7O7/c1-42-18-24(16-25(19-42)40-27-17-39-43(2)36(50)32(27)38)22-6-8-23(9-7-22)37(51)52-20-21-12-14-44(15-13-21)28-5-3-4-26-31(28)35(49)45(34(26)48)29-10-11-30(46)41-33(29)47/h3-9,17,21,24-25,29,40H,10-16,18-20H2,1-2H3,(H,41,46,47)/t24-,25+,29?/m0/s1. The van der Waals surface area contributed by atoms with E-state index in [9.17, 15) is 28.8 Å². The molecule has 2 N–H and O–H groups in total. The van der Waals surface area contributed by atoms with Crippen LogP contribution in [0.3, 0.4) is 0 Å². The Bertz CT molecular complexity index is 1990. The number of carbonyl (C=O) groups is 5. The third kappa shape index (κ3) is 6.98. The number of aryl methyl sites for hydroxylation is 1. The fraction of sp³-hybridized carbons (Fsp3) is 0.432. The number of nitrogens with one attached hydrogen (secondary N) is 2. The number of rotatable bonds is 8. The van der Waals surface area contributed by atoms with E-state index in [-0.39, 0.29) is 60.0 Å². The highest BCUT2D eigenvalue weighted by atomic mass is 79.9. The Balaban J connectivity index is 0.919. The molecule has 7 rings (SSSR count). The number of aromatic nitrogens is 2. The Labute approximate surface area is 308 Å². The first kappa shape index (κ1) is 35.5. The van der Waals surface area contributed by atoms with Gasteiger partial charge in [0, 0.05) is 45.7 Å². The summed E-state index contributed by atoms with van der Waals surface area (Å²) in [6.07, 6.45) is 4.12. The predicted octanol–water partition coefficient (Wildman–Crippen LogP) is 2.92. The molecule has 0 aliphatic carbocycles. The minimum atomic E-state index is -1.02. The minimum absolute atomic E-state index is 0.0643. The lowest BCUT2D eigenvalue weighted by Crippen LogP contribution is -2.54. The van der Waals surface area contributed by atoms with Crippen molar-refractivity contribution in [2.75, 3.05) is 50.1 Å². The van der Waals surface area contributed by atoms with Gasteiger partial charge in [0.1, 0.15) is 10.5 Å². The Hall–Kier alpha value is -4.89. The summed E-state index contributed by atoms with van der Waals surface area (Å²) in [6, 6.07) is 11.8. The van der Waals surface area contributed by atoms with Crippen molar-refractivity contribution >= 4 is 56.9 Å². The Kier molecular flexibility index (Phi) is 9.98. The highest BCUT2D eigenvalue weighted by molar-refractivity contribution is 9.10. The van der Waals surface area contributed by atoms with Crippen molar-refractivity contribution in [3.8, 4) is 0 Å². The first-order valence-corrected chi connectivity index (χ1v) is 18.3. The quantitative estimate of drug-likeness (QED) is 0.256. The molecule has 14 nitrogen and oxygen atoms in total. The van der Waals surface area contributed by atoms with Crippen molar-refractivity contribution in [3.63, 3.8) is 0 Å². The lowest BCUT2D eigenvalue weighted by molar-refractivity contribution is -0.136. The smallest absolute Gasteiger partial charge is 0.338 e. The van der Waals surface area contributed by atoms with E-state index in [0.29, 0.717) is 34.5 Å². The number of anilines is 2. The number of piperidine rings is 3. The Morgan fingerprint density at radius 3 is 2.46 bits per heavy atom. The average Bonchev–Trinajstić information content (AvgIpc) is 3.39. The number of fused-ring (bicyclic) bond motifs is 1. The van der Waals surface area contributed by atoms with E-state index < -0.39 is 29.7 Å². The number of imide groups is 2. The number of ether oxygens (including phenoxy) is 1. The van der Waals surface area contributed by atoms with E-state index >= 15 is 0 Å². The van der Waals surface area contributed by atoms with Crippen LogP contribution in [-0.4, -0.2) is 101 Å². The molecule has 3 saturated heterocycles. The summed E-state index contributed by atoms with van der Waals surface area (Å²) < 4.78 is 7.49. The van der Waals surface area contributed by atoms with Gasteiger partial charge in [0.2, 0.25) is 11.8 Å². The summed E-state index contributed by atoms with van der Waals surface area (Å²) in [5.41, 5.74) is 3.25. The summed E-state index contributed by atoms with van der Waals surface area (Å²) in [5, 5.41) is 9.84. The van der Waals surface area contributed by atoms with E-state index in [2.05, 4.69) is 48.5 Å². The highest BCUT2D eigenvalue weighted by Crippen LogP contribution is 2.36. The first-order chi connectivity index (χ1) is 25.0. The summed E-state index contributed by atoms with van der Waals surface area (Å²) in [5.74, 6) is -2.12. The number of hydrogen-bond acceptors (Lipinski definition) is 11. The molecule has 272 valence electrons. The summed E-state index contributed by atoms with van der Waals surface area (Å²) in [7, 11) is 3.68. The number of esters is 1. The van der Waals surface area contributed by atoms with Crippen LogP contribution in [0.4, 0.5) is 11.4 Å². The molecule has 4 amide bonds. The van der Waals surface area contributed by atoms with Gasteiger partial charge < -0.3 is 19.9 Å². The maximum atomic E-state index is 13.5. The number of hydrogen-bond donors (Lipinski definition) is 2. The van der Waals surface area contributed by atoms with Gasteiger partial charge in [0.05, 0.1) is 40.9 Å². The molecule has 5 heterocycles. The van der Waals surface area contributed by atoms with E-state index in [1.54, 1.807) is 25.4 Å². The zero-order valence-electron chi connectivity index (χ0n) is 29.0. The molecule has 1 aromatic heterocycles. The molecule has 4 aliphatic rings. The van der Waals surface area contributed by atoms with E-state index in [1.807, 2.05) is 30.3 Å². The van der Waals surface area contributed by atoms with Gasteiger partial charge in [-0.25, -0.2) is 9.48 Å². The lowest BCUT2D eigenvalue weighted by Gasteiger charge is -2.37. The van der Waals surface area contributed by atoms with Crippen LogP contribution in [-0.2, 0) is 21.4 Å². The van der Waals surface area contributed by atoms with Gasteiger partial charge in [-0.3, -0.25) is 34.2 Å². The molecule has 0 spiro atoms. The van der Waals surface area contributed by atoms with Crippen LogP contribution in [0.2, 0.25) is 0 Å². The number of nitrogens with zero attached hydrogens (tertiary/aromatic N) is 5. The maximum Gasteiger partial charge on any atom is 0.338 e. The normalized spacial score (nSPS) is 22.7. The fourth-order valence-electron chi connectivity index (χ4n) is 7.77. The second-order valence-corrected chi connectivity index (χ2v) is 14.9. The number of benzene rings is 2. The van der Waals surface area contributed by atoms with Gasteiger partial charge in [0.15, 0.2) is 0 Å². The van der Waals surface area contributed by atoms with Gasteiger partial charge in [-0.1, -0.05) is 18.2 Å². The second kappa shape index (κ2) is 14.6. The van der Waals surface area contributed by atoms with Gasteiger partial charge in [-0.15, -0.1) is 0 Å². The third-order valence-electron chi connectivity index (χ3n) is 10.5. The first-order valence-electron chi connectivity index (χ1n) is 17.5. The summed E-state index contributed by atoms with van der Waals surface area (Å²) >= 11 is 3.40. The van der Waals surface area contributed by atoms with Crippen LogP contribution < -0.4 is 21.1 Å². The second-order valence-electron chi connectivity index (χ2n) is 14.1. The molecule has 0 radical (unpaired) electrons. The fourth-order valence-corrected chi connectivity index (χ4v) is 8.24. The van der Waals surface area contributed by atoms with E-state index in [1.165, 1.54) is 4.68 Å². The Morgan fingerprint density at radius 1 is 0.981 bits per heavy atom. The van der Waals surface area contributed by atoms with E-state index in [4.69, 9.17) is 4.74 Å². The molecule has 4 aliphatic heterocycles. The van der Waals surface area contributed by atoms with Crippen LogP contribution in [0.1, 0.15) is 74.7 Å². The number of halogens is 1. The van der Waals surface area contributed by atoms with Gasteiger partial charge in [-0.05, 0) is 90.3 Å². The SMILES string of the molecule is CN1C[C@H](Nc2cnn(C)c(=O)c2Br)C[C@H](c2ccc(C(=O)OCC3CCN(c4cccc5c4C(=O)N(C4CCC(=O)NC4=O)C5=O)CC3)cc2)C1. The van der Waals surface area contributed by atoms with Crippen molar-refractivity contribution in [2.45, 2.75) is 50.1 Å². The minimum Gasteiger partial charge on any atom is -0.462 e. The molecular formula is C37H40BrN7O7. The third-order valence-corrected chi connectivity index (χ3v) is 11.3. The van der Waals surface area contributed by atoms with Gasteiger partial charge >= 0.3 is 5.97 Å². The molecule has 2 aromatic carbocycles. The largest absolute Gasteiger partial charge is 0.462 e. The number of likely N-dealkylation sites (tertiary alicyclic amines) is 1. The van der Waals surface area contributed by atoms with Gasteiger partial charge in [0.25, 0.3) is 17.4 Å². The predicted molar refractivity (Wildman–Crippen MR) is 194 cm³/mol. The van der Waals surface area contributed by atoms with Crippen LogP contribution in [0.15, 0.2) is 57.9 Å². The molecule has 52 heavy (non-hydrogen) atoms. The van der Waals surface area contributed by atoms with E-state index in [0.717, 1.165) is 42.8 Å². The Morgan fingerprint density at radius 2 is 1.73 bits per heavy atom. The number of amides is 4. The molecule has 1 unspecified atom stereocenters. The summed E-state index contributed by atoms with van der Waals surface area (Å²) in [4.78, 5) is 81.6. The van der Waals surface area contributed by atoms with Crippen molar-refractivity contribution in [1.29, 1.82) is 0 Å². The zero-order chi connectivity index (χ0) is 36.7. The van der Waals surface area contributed by atoms with Crippen LogP contribution in [0.5, 0.6) is 0 Å². The number of likely N-dealkylation sites (N-methyl/N-ethyl adjacent to an activating group) is 1. The van der Waals surface area contributed by atoms with Crippen molar-refractivity contribution < 1.29 is 28.7 Å².